The Balaban J connectivity index is 2.07. The molecule has 1 aliphatic heterocycles. The Hall–Kier alpha value is -2.04. The van der Waals surface area contributed by atoms with Crippen molar-refractivity contribution in [1.82, 2.24) is 0 Å². The van der Waals surface area contributed by atoms with Gasteiger partial charge in [-0.05, 0) is 24.6 Å². The van der Waals surface area contributed by atoms with Crippen LogP contribution in [0.3, 0.4) is 0 Å². The van der Waals surface area contributed by atoms with Crippen LogP contribution in [0.5, 0.6) is 5.75 Å². The Morgan fingerprint density at radius 2 is 2.13 bits per heavy atom. The molecular weight excluding hydrogens is 294 g/mol. The maximum absolute atomic E-state index is 12.7. The van der Waals surface area contributed by atoms with Crippen LogP contribution in [0.25, 0.3) is 0 Å². The van der Waals surface area contributed by atoms with Crippen molar-refractivity contribution in [3.05, 3.63) is 23.8 Å². The first-order chi connectivity index (χ1) is 11.1. The molecule has 0 saturated carbocycles. The predicted molar refractivity (Wildman–Crippen MR) is 89.3 cm³/mol. The van der Waals surface area contributed by atoms with E-state index in [0.29, 0.717) is 25.1 Å². The molecule has 1 aromatic rings. The molecule has 0 fully saturated rings. The summed E-state index contributed by atoms with van der Waals surface area (Å²) in [6, 6.07) is 5.29. The van der Waals surface area contributed by atoms with Crippen LogP contribution < -0.4 is 10.1 Å². The van der Waals surface area contributed by atoms with Crippen LogP contribution in [-0.2, 0) is 4.79 Å². The Labute approximate surface area is 137 Å². The number of rotatable bonds is 9. The molecule has 2 N–H and O–H groups in total. The summed E-state index contributed by atoms with van der Waals surface area (Å²) in [6.07, 6.45) is 4.70. The van der Waals surface area contributed by atoms with Gasteiger partial charge in [0.05, 0.1) is 12.1 Å². The fraction of sp³-hybridized carbons (Fsp3) is 0.556. The van der Waals surface area contributed by atoms with Gasteiger partial charge in [-0.3, -0.25) is 9.59 Å². The number of hydrogen-bond acceptors (Lipinski definition) is 4. The third-order valence-electron chi connectivity index (χ3n) is 4.14. The highest BCUT2D eigenvalue weighted by atomic mass is 16.5. The number of carbonyl (C=O) groups is 2. The number of unbranched alkanes of at least 4 members (excludes halogenated alkanes) is 3. The number of Topliss-reactive ketones (excluding diaryl/α,β-unsaturated/α-hetero) is 1. The molecule has 0 saturated heterocycles. The molecule has 1 heterocycles. The molecule has 0 bridgehead atoms. The summed E-state index contributed by atoms with van der Waals surface area (Å²) in [6.45, 7) is 3.45. The third kappa shape index (κ3) is 4.98. The first-order valence-corrected chi connectivity index (χ1v) is 8.38. The molecule has 0 aliphatic carbocycles. The van der Waals surface area contributed by atoms with Crippen LogP contribution in [0.1, 0.15) is 55.8 Å². The summed E-state index contributed by atoms with van der Waals surface area (Å²) in [5.41, 5.74) is 1.37. The van der Waals surface area contributed by atoms with E-state index in [1.165, 1.54) is 0 Å². The number of hydrogen-bond donors (Lipinski definition) is 2. The van der Waals surface area contributed by atoms with Gasteiger partial charge in [0.2, 0.25) is 0 Å². The SMILES string of the molecule is CCCCCCC(CC(=O)O)C(=O)c1ccc2c(c1)NCCO2. The van der Waals surface area contributed by atoms with Gasteiger partial charge in [0.15, 0.2) is 5.78 Å². The molecule has 0 radical (unpaired) electrons. The quantitative estimate of drug-likeness (QED) is 0.536. The minimum Gasteiger partial charge on any atom is -0.490 e. The predicted octanol–water partition coefficient (Wildman–Crippen LogP) is 3.73. The van der Waals surface area contributed by atoms with Gasteiger partial charge in [-0.1, -0.05) is 32.6 Å². The van der Waals surface area contributed by atoms with Crippen molar-refractivity contribution in [2.24, 2.45) is 5.92 Å². The molecule has 5 heteroatoms. The molecule has 1 aromatic carbocycles. The summed E-state index contributed by atoms with van der Waals surface area (Å²) in [5.74, 6) is -0.713. The van der Waals surface area contributed by atoms with E-state index >= 15 is 0 Å². The zero-order chi connectivity index (χ0) is 16.7. The number of anilines is 1. The fourth-order valence-corrected chi connectivity index (χ4v) is 2.88. The minimum atomic E-state index is -0.918. The van der Waals surface area contributed by atoms with E-state index in [1.54, 1.807) is 18.2 Å². The monoisotopic (exact) mass is 319 g/mol. The van der Waals surface area contributed by atoms with E-state index in [9.17, 15) is 9.59 Å². The summed E-state index contributed by atoms with van der Waals surface area (Å²) in [5, 5.41) is 12.3. The van der Waals surface area contributed by atoms with Gasteiger partial charge in [0, 0.05) is 18.0 Å². The number of ether oxygens (including phenoxy) is 1. The van der Waals surface area contributed by atoms with E-state index in [0.717, 1.165) is 37.1 Å². The average molecular weight is 319 g/mol. The lowest BCUT2D eigenvalue weighted by atomic mass is 9.89. The average Bonchev–Trinajstić information content (AvgIpc) is 2.56. The Morgan fingerprint density at radius 3 is 2.87 bits per heavy atom. The smallest absolute Gasteiger partial charge is 0.304 e. The zero-order valence-corrected chi connectivity index (χ0v) is 13.6. The molecule has 1 atom stereocenters. The third-order valence-corrected chi connectivity index (χ3v) is 4.14. The summed E-state index contributed by atoms with van der Waals surface area (Å²) >= 11 is 0. The maximum Gasteiger partial charge on any atom is 0.304 e. The molecule has 126 valence electrons. The second-order valence-electron chi connectivity index (χ2n) is 5.99. The molecule has 23 heavy (non-hydrogen) atoms. The number of carbonyl (C=O) groups excluding carboxylic acids is 1. The van der Waals surface area contributed by atoms with Crippen LogP contribution in [0, 0.1) is 5.92 Å². The molecule has 2 rings (SSSR count). The summed E-state index contributed by atoms with van der Waals surface area (Å²) in [7, 11) is 0. The topological polar surface area (TPSA) is 75.6 Å². The highest BCUT2D eigenvalue weighted by Gasteiger charge is 2.24. The number of benzene rings is 1. The van der Waals surface area contributed by atoms with Crippen molar-refractivity contribution in [2.45, 2.75) is 45.4 Å². The van der Waals surface area contributed by atoms with Gasteiger partial charge in [0.1, 0.15) is 12.4 Å². The Kier molecular flexibility index (Phi) is 6.44. The zero-order valence-electron chi connectivity index (χ0n) is 13.6. The van der Waals surface area contributed by atoms with E-state index in [4.69, 9.17) is 9.84 Å². The first-order valence-electron chi connectivity index (χ1n) is 8.38. The number of fused-ring (bicyclic) bond motifs is 1. The summed E-state index contributed by atoms with van der Waals surface area (Å²) < 4.78 is 5.51. The molecule has 5 nitrogen and oxygen atoms in total. The lowest BCUT2D eigenvalue weighted by molar-refractivity contribution is -0.137. The van der Waals surface area contributed by atoms with Crippen LogP contribution in [0.2, 0.25) is 0 Å². The van der Waals surface area contributed by atoms with Gasteiger partial charge in [-0.2, -0.15) is 0 Å². The second-order valence-corrected chi connectivity index (χ2v) is 5.99. The van der Waals surface area contributed by atoms with Crippen molar-refractivity contribution in [2.75, 3.05) is 18.5 Å². The van der Waals surface area contributed by atoms with Crippen LogP contribution >= 0.6 is 0 Å². The number of ketones is 1. The molecular formula is C18H25NO4. The van der Waals surface area contributed by atoms with E-state index in [1.807, 2.05) is 0 Å². The number of aliphatic carboxylic acids is 1. The molecule has 1 aliphatic rings. The largest absolute Gasteiger partial charge is 0.490 e. The standard InChI is InChI=1S/C18H25NO4/c1-2-3-4-5-6-13(12-17(20)21)18(22)14-7-8-16-15(11-14)19-9-10-23-16/h7-8,11,13,19H,2-6,9-10,12H2,1H3,(H,20,21). The van der Waals surface area contributed by atoms with Crippen LogP contribution in [-0.4, -0.2) is 30.0 Å². The maximum atomic E-state index is 12.7. The Morgan fingerprint density at radius 1 is 1.30 bits per heavy atom. The minimum absolute atomic E-state index is 0.0842. The van der Waals surface area contributed by atoms with Crippen molar-refractivity contribution in [3.63, 3.8) is 0 Å². The molecule has 0 aromatic heterocycles. The van der Waals surface area contributed by atoms with E-state index in [-0.39, 0.29) is 12.2 Å². The Bertz CT molecular complexity index is 556. The number of carboxylic acids is 1. The van der Waals surface area contributed by atoms with Gasteiger partial charge >= 0.3 is 5.97 Å². The second kappa shape index (κ2) is 8.56. The van der Waals surface area contributed by atoms with Crippen molar-refractivity contribution < 1.29 is 19.4 Å². The summed E-state index contributed by atoms with van der Waals surface area (Å²) in [4.78, 5) is 23.8. The fourth-order valence-electron chi connectivity index (χ4n) is 2.88. The van der Waals surface area contributed by atoms with E-state index < -0.39 is 11.9 Å². The van der Waals surface area contributed by atoms with Crippen molar-refractivity contribution >= 4 is 17.4 Å². The highest BCUT2D eigenvalue weighted by Crippen LogP contribution is 2.30. The van der Waals surface area contributed by atoms with Gasteiger partial charge in [-0.15, -0.1) is 0 Å². The molecule has 0 amide bonds. The van der Waals surface area contributed by atoms with Gasteiger partial charge in [0.25, 0.3) is 0 Å². The van der Waals surface area contributed by atoms with Crippen molar-refractivity contribution in [3.8, 4) is 5.75 Å². The molecule has 1 unspecified atom stereocenters. The lowest BCUT2D eigenvalue weighted by Crippen LogP contribution is -2.21. The van der Waals surface area contributed by atoms with Crippen molar-refractivity contribution in [1.29, 1.82) is 0 Å². The first kappa shape index (κ1) is 17.3. The van der Waals surface area contributed by atoms with Gasteiger partial charge in [-0.25, -0.2) is 0 Å². The van der Waals surface area contributed by atoms with Crippen LogP contribution in [0.15, 0.2) is 18.2 Å². The highest BCUT2D eigenvalue weighted by molar-refractivity contribution is 6.00. The normalized spacial score (nSPS) is 14.3. The van der Waals surface area contributed by atoms with Crippen LogP contribution in [0.4, 0.5) is 5.69 Å². The van der Waals surface area contributed by atoms with E-state index in [2.05, 4.69) is 12.2 Å². The molecule has 0 spiro atoms. The van der Waals surface area contributed by atoms with Gasteiger partial charge < -0.3 is 15.2 Å². The number of carboxylic acid groups (broad SMARTS) is 1. The lowest BCUT2D eigenvalue weighted by Gasteiger charge is -2.20. The number of nitrogens with one attached hydrogen (secondary N) is 1.